The Balaban J connectivity index is 2.45. The summed E-state index contributed by atoms with van der Waals surface area (Å²) in [5.74, 6) is 0.918. The van der Waals surface area contributed by atoms with Crippen molar-refractivity contribution in [2.24, 2.45) is 5.73 Å². The second-order valence-electron chi connectivity index (χ2n) is 2.45. The number of halogens is 1. The molecule has 0 aliphatic heterocycles. The van der Waals surface area contributed by atoms with Gasteiger partial charge >= 0.3 is 0 Å². The molecule has 0 heterocycles. The van der Waals surface area contributed by atoms with Crippen LogP contribution in [0.1, 0.15) is 0 Å². The fourth-order valence-corrected chi connectivity index (χ4v) is 1.96. The van der Waals surface area contributed by atoms with Crippen LogP contribution in [0.2, 0.25) is 5.02 Å². The van der Waals surface area contributed by atoms with Crippen LogP contribution >= 0.6 is 23.4 Å². The van der Waals surface area contributed by atoms with Crippen molar-refractivity contribution < 1.29 is 0 Å². The average Bonchev–Trinajstić information content (AvgIpc) is 2.15. The van der Waals surface area contributed by atoms with Crippen molar-refractivity contribution in [3.63, 3.8) is 0 Å². The summed E-state index contributed by atoms with van der Waals surface area (Å²) >= 11 is 7.68. The van der Waals surface area contributed by atoms with E-state index in [1.165, 1.54) is 0 Å². The zero-order chi connectivity index (χ0) is 9.52. The molecule has 1 aromatic carbocycles. The number of benzene rings is 1. The molecule has 0 aliphatic carbocycles. The van der Waals surface area contributed by atoms with E-state index in [2.05, 4.69) is 0 Å². The van der Waals surface area contributed by atoms with Crippen molar-refractivity contribution in [2.75, 3.05) is 12.3 Å². The van der Waals surface area contributed by atoms with Gasteiger partial charge in [-0.05, 0) is 12.1 Å². The molecule has 0 spiro atoms. The first kappa shape index (κ1) is 10.6. The van der Waals surface area contributed by atoms with E-state index in [1.54, 1.807) is 11.8 Å². The van der Waals surface area contributed by atoms with Gasteiger partial charge in [-0.15, -0.1) is 11.8 Å². The van der Waals surface area contributed by atoms with Crippen LogP contribution in [0, 0.1) is 0 Å². The van der Waals surface area contributed by atoms with Crippen molar-refractivity contribution in [3.8, 4) is 0 Å². The van der Waals surface area contributed by atoms with E-state index in [0.717, 1.165) is 15.7 Å². The lowest BCUT2D eigenvalue weighted by Crippen LogP contribution is -1.92. The zero-order valence-electron chi connectivity index (χ0n) is 7.24. The highest BCUT2D eigenvalue weighted by Gasteiger charge is 1.96. The molecule has 1 nitrogen and oxygen atoms in total. The maximum absolute atomic E-state index is 5.97. The van der Waals surface area contributed by atoms with Gasteiger partial charge < -0.3 is 5.73 Å². The molecular formula is C10H12ClNS. The summed E-state index contributed by atoms with van der Waals surface area (Å²) in [7, 11) is 0. The van der Waals surface area contributed by atoms with E-state index in [-0.39, 0.29) is 0 Å². The van der Waals surface area contributed by atoms with Crippen LogP contribution in [0.25, 0.3) is 0 Å². The molecular weight excluding hydrogens is 202 g/mol. The fourth-order valence-electron chi connectivity index (χ4n) is 0.864. The maximum atomic E-state index is 5.97. The topological polar surface area (TPSA) is 26.0 Å². The monoisotopic (exact) mass is 213 g/mol. The van der Waals surface area contributed by atoms with Crippen molar-refractivity contribution in [2.45, 2.75) is 4.90 Å². The summed E-state index contributed by atoms with van der Waals surface area (Å²) in [4.78, 5) is 1.12. The molecule has 70 valence electrons. The van der Waals surface area contributed by atoms with Crippen molar-refractivity contribution in [1.29, 1.82) is 0 Å². The summed E-state index contributed by atoms with van der Waals surface area (Å²) in [6.45, 7) is 0.600. The van der Waals surface area contributed by atoms with Gasteiger partial charge in [-0.1, -0.05) is 35.9 Å². The van der Waals surface area contributed by atoms with Gasteiger partial charge in [0.25, 0.3) is 0 Å². The number of thioether (sulfide) groups is 1. The second-order valence-corrected chi connectivity index (χ2v) is 3.92. The molecule has 0 unspecified atom stereocenters. The molecule has 0 amide bonds. The van der Waals surface area contributed by atoms with Gasteiger partial charge in [0.05, 0.1) is 5.02 Å². The first-order valence-corrected chi connectivity index (χ1v) is 5.43. The van der Waals surface area contributed by atoms with Gasteiger partial charge in [-0.25, -0.2) is 0 Å². The van der Waals surface area contributed by atoms with Gasteiger partial charge in [-0.3, -0.25) is 0 Å². The smallest absolute Gasteiger partial charge is 0.0541 e. The van der Waals surface area contributed by atoms with Gasteiger partial charge in [0.15, 0.2) is 0 Å². The predicted molar refractivity (Wildman–Crippen MR) is 60.4 cm³/mol. The summed E-state index contributed by atoms with van der Waals surface area (Å²) in [5.41, 5.74) is 5.32. The summed E-state index contributed by atoms with van der Waals surface area (Å²) in [6, 6.07) is 7.84. The van der Waals surface area contributed by atoms with Crippen LogP contribution in [0.3, 0.4) is 0 Å². The lowest BCUT2D eigenvalue weighted by molar-refractivity contribution is 1.25. The second kappa shape index (κ2) is 6.08. The normalized spacial score (nSPS) is 10.9. The number of nitrogens with two attached hydrogens (primary N) is 1. The molecule has 2 N–H and O–H groups in total. The minimum Gasteiger partial charge on any atom is -0.327 e. The summed E-state index contributed by atoms with van der Waals surface area (Å²) in [5, 5.41) is 0.814. The molecule has 0 aromatic heterocycles. The average molecular weight is 214 g/mol. The highest BCUT2D eigenvalue weighted by atomic mass is 35.5. The largest absolute Gasteiger partial charge is 0.327 e. The zero-order valence-corrected chi connectivity index (χ0v) is 8.81. The van der Waals surface area contributed by atoms with Crippen LogP contribution in [0.4, 0.5) is 0 Å². The fraction of sp³-hybridized carbons (Fsp3) is 0.200. The Labute approximate surface area is 88.0 Å². The first-order valence-electron chi connectivity index (χ1n) is 4.07. The highest BCUT2D eigenvalue weighted by Crippen LogP contribution is 2.26. The van der Waals surface area contributed by atoms with Gasteiger partial charge in [0.2, 0.25) is 0 Å². The quantitative estimate of drug-likeness (QED) is 0.615. The first-order chi connectivity index (χ1) is 6.34. The third-order valence-corrected chi connectivity index (χ3v) is 2.94. The Kier molecular flexibility index (Phi) is 4.98. The lowest BCUT2D eigenvalue weighted by atomic mass is 10.4. The Morgan fingerprint density at radius 3 is 2.77 bits per heavy atom. The molecule has 0 radical (unpaired) electrons. The maximum Gasteiger partial charge on any atom is 0.0541 e. The Morgan fingerprint density at radius 1 is 1.31 bits per heavy atom. The van der Waals surface area contributed by atoms with Crippen LogP contribution < -0.4 is 5.73 Å². The molecule has 0 atom stereocenters. The molecule has 0 fully saturated rings. The summed E-state index contributed by atoms with van der Waals surface area (Å²) in [6.07, 6.45) is 4.00. The van der Waals surface area contributed by atoms with Crippen LogP contribution in [-0.2, 0) is 0 Å². The number of hydrogen-bond donors (Lipinski definition) is 1. The number of hydrogen-bond acceptors (Lipinski definition) is 2. The van der Waals surface area contributed by atoms with Crippen molar-refractivity contribution >= 4 is 23.4 Å². The molecule has 13 heavy (non-hydrogen) atoms. The Morgan fingerprint density at radius 2 is 2.08 bits per heavy atom. The van der Waals surface area contributed by atoms with E-state index < -0.39 is 0 Å². The molecule has 1 aromatic rings. The van der Waals surface area contributed by atoms with E-state index >= 15 is 0 Å². The van der Waals surface area contributed by atoms with Crippen molar-refractivity contribution in [1.82, 2.24) is 0 Å². The minimum absolute atomic E-state index is 0.600. The van der Waals surface area contributed by atoms with E-state index in [4.69, 9.17) is 17.3 Å². The van der Waals surface area contributed by atoms with E-state index in [1.807, 2.05) is 36.4 Å². The molecule has 0 saturated carbocycles. The van der Waals surface area contributed by atoms with Gasteiger partial charge in [0, 0.05) is 17.2 Å². The van der Waals surface area contributed by atoms with E-state index in [9.17, 15) is 0 Å². The molecule has 0 bridgehead atoms. The van der Waals surface area contributed by atoms with Crippen LogP contribution in [-0.4, -0.2) is 12.3 Å². The van der Waals surface area contributed by atoms with Gasteiger partial charge in [0.1, 0.15) is 0 Å². The van der Waals surface area contributed by atoms with Gasteiger partial charge in [-0.2, -0.15) is 0 Å². The minimum atomic E-state index is 0.600. The van der Waals surface area contributed by atoms with Crippen LogP contribution in [0.5, 0.6) is 0 Å². The number of rotatable bonds is 4. The van der Waals surface area contributed by atoms with Crippen LogP contribution in [0.15, 0.2) is 41.3 Å². The highest BCUT2D eigenvalue weighted by molar-refractivity contribution is 7.99. The standard InChI is InChI=1S/C10H12ClNS/c11-9-5-1-2-6-10(9)13-8-4-3-7-12/h1-6H,7-8,12H2. The third-order valence-electron chi connectivity index (χ3n) is 1.47. The molecule has 0 saturated heterocycles. The Bertz CT molecular complexity index is 286. The lowest BCUT2D eigenvalue weighted by Gasteiger charge is -1.99. The van der Waals surface area contributed by atoms with Crippen molar-refractivity contribution in [3.05, 3.63) is 41.4 Å². The molecule has 3 heteroatoms. The predicted octanol–water partition coefficient (Wildman–Crippen LogP) is 2.95. The molecule has 0 aliphatic rings. The van der Waals surface area contributed by atoms with E-state index in [0.29, 0.717) is 6.54 Å². The third kappa shape index (κ3) is 3.85. The molecule has 1 rings (SSSR count). The SMILES string of the molecule is NCC=CCSc1ccccc1Cl. The summed E-state index contributed by atoms with van der Waals surface area (Å²) < 4.78 is 0. The Hall–Kier alpha value is -0.440.